The molecule has 1 fully saturated rings. The van der Waals surface area contributed by atoms with Crippen molar-refractivity contribution in [2.24, 2.45) is 22.2 Å². The average molecular weight is 243 g/mol. The van der Waals surface area contributed by atoms with Crippen molar-refractivity contribution in [2.75, 3.05) is 19.8 Å². The van der Waals surface area contributed by atoms with Crippen LogP contribution < -0.4 is 11.1 Å². The number of nitrogens with zero attached hydrogens (tertiary/aromatic N) is 1. The molecule has 1 heterocycles. The summed E-state index contributed by atoms with van der Waals surface area (Å²) in [5.74, 6) is 0.901. The maximum atomic E-state index is 8.68. The van der Waals surface area contributed by atoms with Gasteiger partial charge in [-0.1, -0.05) is 19.0 Å². The Bertz CT molecular complexity index is 260. The van der Waals surface area contributed by atoms with Crippen LogP contribution in [0.1, 0.15) is 33.6 Å². The molecule has 2 unspecified atom stereocenters. The molecule has 5 nitrogen and oxygen atoms in total. The van der Waals surface area contributed by atoms with Crippen molar-refractivity contribution in [3.63, 3.8) is 0 Å². The number of hydrogen-bond acceptors (Lipinski definition) is 4. The Kier molecular flexibility index (Phi) is 5.21. The summed E-state index contributed by atoms with van der Waals surface area (Å²) in [6, 6.07) is 0.459. The first-order valence-corrected chi connectivity index (χ1v) is 6.26. The first kappa shape index (κ1) is 14.3. The van der Waals surface area contributed by atoms with Crippen molar-refractivity contribution in [1.29, 1.82) is 0 Å². The zero-order valence-electron chi connectivity index (χ0n) is 11.1. The van der Waals surface area contributed by atoms with Crippen molar-refractivity contribution in [1.82, 2.24) is 5.32 Å². The monoisotopic (exact) mass is 243 g/mol. The van der Waals surface area contributed by atoms with Gasteiger partial charge in [0.1, 0.15) is 5.84 Å². The second kappa shape index (κ2) is 6.21. The summed E-state index contributed by atoms with van der Waals surface area (Å²) < 4.78 is 5.37. The normalized spacial score (nSPS) is 23.9. The van der Waals surface area contributed by atoms with Gasteiger partial charge < -0.3 is 21.0 Å². The number of amidine groups is 1. The van der Waals surface area contributed by atoms with Crippen LogP contribution in [-0.2, 0) is 4.74 Å². The van der Waals surface area contributed by atoms with E-state index >= 15 is 0 Å². The smallest absolute Gasteiger partial charge is 0.144 e. The molecule has 1 saturated heterocycles. The van der Waals surface area contributed by atoms with Crippen LogP contribution in [-0.4, -0.2) is 36.8 Å². The third-order valence-electron chi connectivity index (χ3n) is 3.69. The minimum atomic E-state index is -0.270. The molecule has 1 aliphatic rings. The Morgan fingerprint density at radius 3 is 2.88 bits per heavy atom. The molecule has 1 aliphatic heterocycles. The van der Waals surface area contributed by atoms with E-state index in [1.807, 2.05) is 13.8 Å². The molecule has 100 valence electrons. The van der Waals surface area contributed by atoms with Crippen LogP contribution in [0.3, 0.4) is 0 Å². The van der Waals surface area contributed by atoms with Crippen LogP contribution in [0.25, 0.3) is 0 Å². The molecule has 0 spiro atoms. The lowest BCUT2D eigenvalue weighted by molar-refractivity contribution is 0.178. The van der Waals surface area contributed by atoms with Crippen LogP contribution in [0, 0.1) is 11.3 Å². The van der Waals surface area contributed by atoms with E-state index in [1.165, 1.54) is 0 Å². The van der Waals surface area contributed by atoms with E-state index in [-0.39, 0.29) is 11.3 Å². The summed E-state index contributed by atoms with van der Waals surface area (Å²) in [7, 11) is 0. The van der Waals surface area contributed by atoms with Gasteiger partial charge in [-0.05, 0) is 32.2 Å². The lowest BCUT2D eigenvalue weighted by atomic mass is 9.88. The lowest BCUT2D eigenvalue weighted by Crippen LogP contribution is -2.39. The highest BCUT2D eigenvalue weighted by molar-refractivity contribution is 5.85. The standard InChI is InChI=1S/C12H25N3O2/c1-9(10-4-7-17-8-10)14-6-5-12(2,3)11(13)15-16/h9-10,14,16H,4-8H2,1-3H3,(H2,13,15). The van der Waals surface area contributed by atoms with E-state index in [0.29, 0.717) is 12.0 Å². The number of nitrogens with two attached hydrogens (primary N) is 1. The molecule has 0 aromatic carbocycles. The zero-order chi connectivity index (χ0) is 12.9. The van der Waals surface area contributed by atoms with Crippen molar-refractivity contribution >= 4 is 5.84 Å². The number of ether oxygens (including phenoxy) is 1. The summed E-state index contributed by atoms with van der Waals surface area (Å²) in [5.41, 5.74) is 5.37. The van der Waals surface area contributed by atoms with Crippen molar-refractivity contribution in [2.45, 2.75) is 39.7 Å². The van der Waals surface area contributed by atoms with E-state index in [4.69, 9.17) is 15.7 Å². The summed E-state index contributed by atoms with van der Waals surface area (Å²) >= 11 is 0. The average Bonchev–Trinajstić information content (AvgIpc) is 2.80. The Hall–Kier alpha value is -0.810. The molecule has 0 radical (unpaired) electrons. The van der Waals surface area contributed by atoms with Crippen LogP contribution in [0.2, 0.25) is 0 Å². The van der Waals surface area contributed by atoms with E-state index in [2.05, 4.69) is 17.4 Å². The topological polar surface area (TPSA) is 79.9 Å². The molecule has 0 aromatic heterocycles. The third kappa shape index (κ3) is 4.16. The summed E-state index contributed by atoms with van der Waals surface area (Å²) in [4.78, 5) is 0. The van der Waals surface area contributed by atoms with Gasteiger partial charge in [0.25, 0.3) is 0 Å². The maximum absolute atomic E-state index is 8.68. The number of nitrogens with one attached hydrogen (secondary N) is 1. The fraction of sp³-hybridized carbons (Fsp3) is 0.917. The number of rotatable bonds is 6. The third-order valence-corrected chi connectivity index (χ3v) is 3.69. The second-order valence-corrected chi connectivity index (χ2v) is 5.49. The van der Waals surface area contributed by atoms with Gasteiger partial charge in [-0.3, -0.25) is 0 Å². The lowest BCUT2D eigenvalue weighted by Gasteiger charge is -2.25. The number of oxime groups is 1. The Morgan fingerprint density at radius 1 is 1.65 bits per heavy atom. The molecule has 0 saturated carbocycles. The van der Waals surface area contributed by atoms with Gasteiger partial charge in [0.15, 0.2) is 0 Å². The first-order valence-electron chi connectivity index (χ1n) is 6.26. The Morgan fingerprint density at radius 2 is 2.35 bits per heavy atom. The molecule has 4 N–H and O–H groups in total. The molecule has 0 bridgehead atoms. The van der Waals surface area contributed by atoms with Gasteiger partial charge in [0, 0.05) is 18.1 Å². The predicted octanol–water partition coefficient (Wildman–Crippen LogP) is 1.16. The van der Waals surface area contributed by atoms with Gasteiger partial charge >= 0.3 is 0 Å². The largest absolute Gasteiger partial charge is 0.409 e. The van der Waals surface area contributed by atoms with Crippen LogP contribution in [0.15, 0.2) is 5.16 Å². The molecule has 1 rings (SSSR count). The SMILES string of the molecule is CC(NCCC(C)(C)C(N)=NO)C1CCOC1. The predicted molar refractivity (Wildman–Crippen MR) is 68.2 cm³/mol. The molecular weight excluding hydrogens is 218 g/mol. The molecular formula is C12H25N3O2. The van der Waals surface area contributed by atoms with Crippen LogP contribution >= 0.6 is 0 Å². The van der Waals surface area contributed by atoms with Crippen LogP contribution in [0.4, 0.5) is 0 Å². The number of hydrogen-bond donors (Lipinski definition) is 3. The van der Waals surface area contributed by atoms with Gasteiger partial charge in [-0.15, -0.1) is 0 Å². The fourth-order valence-electron chi connectivity index (χ4n) is 1.99. The molecule has 0 amide bonds. The summed E-state index contributed by atoms with van der Waals surface area (Å²) in [5, 5.41) is 15.2. The van der Waals surface area contributed by atoms with Crippen molar-refractivity contribution in [3.05, 3.63) is 0 Å². The quantitative estimate of drug-likeness (QED) is 0.283. The summed E-state index contributed by atoms with van der Waals surface area (Å²) in [6.45, 7) is 8.75. The van der Waals surface area contributed by atoms with Gasteiger partial charge in [0.2, 0.25) is 0 Å². The Labute approximate surface area is 103 Å². The van der Waals surface area contributed by atoms with Crippen molar-refractivity contribution < 1.29 is 9.94 Å². The van der Waals surface area contributed by atoms with Crippen molar-refractivity contribution in [3.8, 4) is 0 Å². The van der Waals surface area contributed by atoms with Gasteiger partial charge in [0.05, 0.1) is 6.61 Å². The van der Waals surface area contributed by atoms with Gasteiger partial charge in [-0.25, -0.2) is 0 Å². The molecule has 0 aromatic rings. The maximum Gasteiger partial charge on any atom is 0.144 e. The minimum absolute atomic E-state index is 0.270. The Balaban J connectivity index is 2.27. The zero-order valence-corrected chi connectivity index (χ0v) is 11.1. The second-order valence-electron chi connectivity index (χ2n) is 5.49. The highest BCUT2D eigenvalue weighted by Crippen LogP contribution is 2.21. The molecule has 5 heteroatoms. The van der Waals surface area contributed by atoms with E-state index in [0.717, 1.165) is 32.6 Å². The van der Waals surface area contributed by atoms with E-state index in [1.54, 1.807) is 0 Å². The minimum Gasteiger partial charge on any atom is -0.409 e. The van der Waals surface area contributed by atoms with E-state index in [9.17, 15) is 0 Å². The van der Waals surface area contributed by atoms with E-state index < -0.39 is 0 Å². The van der Waals surface area contributed by atoms with Crippen LogP contribution in [0.5, 0.6) is 0 Å². The summed E-state index contributed by atoms with van der Waals surface area (Å²) in [6.07, 6.45) is 1.98. The fourth-order valence-corrected chi connectivity index (χ4v) is 1.99. The molecule has 2 atom stereocenters. The van der Waals surface area contributed by atoms with Gasteiger partial charge in [-0.2, -0.15) is 0 Å². The highest BCUT2D eigenvalue weighted by Gasteiger charge is 2.25. The molecule has 0 aliphatic carbocycles. The first-order chi connectivity index (χ1) is 7.97. The molecule has 17 heavy (non-hydrogen) atoms. The highest BCUT2D eigenvalue weighted by atomic mass is 16.5.